The minimum absolute atomic E-state index is 0.243. The first-order chi connectivity index (χ1) is 9.61. The Kier molecular flexibility index (Phi) is 3.09. The average molecular weight is 289 g/mol. The van der Waals surface area contributed by atoms with Crippen LogP contribution in [0, 0.1) is 0 Å². The summed E-state index contributed by atoms with van der Waals surface area (Å²) in [5.41, 5.74) is 1.01. The fourth-order valence-electron chi connectivity index (χ4n) is 2.58. The maximum Gasteiger partial charge on any atom is 0.498 e. The Hall–Kier alpha value is -1.20. The van der Waals surface area contributed by atoms with Gasteiger partial charge in [0.15, 0.2) is 0 Å². The van der Waals surface area contributed by atoms with Gasteiger partial charge in [-0.15, -0.1) is 0 Å². The zero-order valence-electron chi connectivity index (χ0n) is 13.7. The summed E-state index contributed by atoms with van der Waals surface area (Å²) in [6, 6.07) is 6.05. The third kappa shape index (κ3) is 2.42. The van der Waals surface area contributed by atoms with Crippen LogP contribution in [0.1, 0.15) is 41.5 Å². The van der Waals surface area contributed by atoms with Gasteiger partial charge in [-0.3, -0.25) is 0 Å². The van der Waals surface area contributed by atoms with Crippen LogP contribution in [0.4, 0.5) is 5.69 Å². The van der Waals surface area contributed by atoms with E-state index in [0.717, 1.165) is 23.4 Å². The van der Waals surface area contributed by atoms with Crippen molar-refractivity contribution in [2.75, 3.05) is 11.9 Å². The van der Waals surface area contributed by atoms with E-state index in [1.807, 2.05) is 18.2 Å². The lowest BCUT2D eigenvalue weighted by atomic mass is 9.77. The lowest BCUT2D eigenvalue weighted by Gasteiger charge is -2.35. The highest BCUT2D eigenvalue weighted by molar-refractivity contribution is 6.63. The summed E-state index contributed by atoms with van der Waals surface area (Å²) in [4.78, 5) is 0. The van der Waals surface area contributed by atoms with Gasteiger partial charge in [-0.2, -0.15) is 0 Å². The highest BCUT2D eigenvalue weighted by Gasteiger charge is 2.53. The molecule has 4 nitrogen and oxygen atoms in total. The fraction of sp³-hybridized carbons (Fsp3) is 0.625. The quantitative estimate of drug-likeness (QED) is 0.807. The monoisotopic (exact) mass is 289 g/mol. The van der Waals surface area contributed by atoms with Gasteiger partial charge in [0, 0.05) is 5.46 Å². The van der Waals surface area contributed by atoms with Gasteiger partial charge in [0.1, 0.15) is 11.4 Å². The van der Waals surface area contributed by atoms with Crippen LogP contribution in [-0.4, -0.2) is 30.5 Å². The number of benzene rings is 1. The van der Waals surface area contributed by atoms with Crippen molar-refractivity contribution in [3.05, 3.63) is 18.2 Å². The second kappa shape index (κ2) is 4.40. The molecular formula is C16H24BNO3. The molecule has 0 amide bonds. The molecule has 1 saturated heterocycles. The molecule has 0 atom stereocenters. The maximum absolute atomic E-state index is 6.18. The van der Waals surface area contributed by atoms with E-state index in [-0.39, 0.29) is 16.8 Å². The van der Waals surface area contributed by atoms with Crippen LogP contribution in [-0.2, 0) is 9.31 Å². The molecule has 1 aromatic carbocycles. The molecule has 0 radical (unpaired) electrons. The molecule has 3 rings (SSSR count). The Morgan fingerprint density at radius 1 is 1.00 bits per heavy atom. The lowest BCUT2D eigenvalue weighted by molar-refractivity contribution is 0.00578. The summed E-state index contributed by atoms with van der Waals surface area (Å²) in [5, 5.41) is 3.42. The van der Waals surface area contributed by atoms with E-state index in [1.165, 1.54) is 0 Å². The van der Waals surface area contributed by atoms with E-state index in [9.17, 15) is 0 Å². The smallest absolute Gasteiger partial charge is 0.484 e. The summed E-state index contributed by atoms with van der Waals surface area (Å²) in [6.07, 6.45) is 0. The molecule has 5 heteroatoms. The Bertz CT molecular complexity index is 553. The van der Waals surface area contributed by atoms with E-state index < -0.39 is 7.12 Å². The molecule has 2 heterocycles. The Morgan fingerprint density at radius 2 is 1.62 bits per heavy atom. The number of rotatable bonds is 1. The molecule has 1 fully saturated rings. The van der Waals surface area contributed by atoms with Gasteiger partial charge in [0.05, 0.1) is 23.4 Å². The molecule has 0 aliphatic carbocycles. The first kappa shape index (κ1) is 14.7. The lowest BCUT2D eigenvalue weighted by Crippen LogP contribution is -2.45. The summed E-state index contributed by atoms with van der Waals surface area (Å²) in [5.74, 6) is 0.840. The first-order valence-electron chi connectivity index (χ1n) is 7.53. The summed E-state index contributed by atoms with van der Waals surface area (Å²) >= 11 is 0. The molecule has 2 aliphatic heterocycles. The van der Waals surface area contributed by atoms with Crippen molar-refractivity contribution >= 4 is 18.3 Å². The molecule has 114 valence electrons. The van der Waals surface area contributed by atoms with Gasteiger partial charge in [0.25, 0.3) is 0 Å². The van der Waals surface area contributed by atoms with Crippen molar-refractivity contribution in [3.63, 3.8) is 0 Å². The zero-order valence-corrected chi connectivity index (χ0v) is 13.7. The van der Waals surface area contributed by atoms with E-state index in [4.69, 9.17) is 14.0 Å². The van der Waals surface area contributed by atoms with E-state index >= 15 is 0 Å². The Labute approximate surface area is 127 Å². The van der Waals surface area contributed by atoms with Crippen LogP contribution in [0.15, 0.2) is 18.2 Å². The van der Waals surface area contributed by atoms with Crippen LogP contribution < -0.4 is 15.5 Å². The number of anilines is 1. The second-order valence-electron chi connectivity index (χ2n) is 7.53. The fourth-order valence-corrected chi connectivity index (χ4v) is 2.58. The molecule has 0 saturated carbocycles. The number of fused-ring (bicyclic) bond motifs is 1. The third-order valence-corrected chi connectivity index (χ3v) is 4.64. The second-order valence-corrected chi connectivity index (χ2v) is 7.53. The van der Waals surface area contributed by atoms with Crippen molar-refractivity contribution in [1.82, 2.24) is 0 Å². The van der Waals surface area contributed by atoms with Crippen LogP contribution in [0.2, 0.25) is 0 Å². The minimum atomic E-state index is -0.402. The van der Waals surface area contributed by atoms with Gasteiger partial charge in [-0.05, 0) is 47.6 Å². The number of ether oxygens (including phenoxy) is 1. The predicted molar refractivity (Wildman–Crippen MR) is 85.4 cm³/mol. The van der Waals surface area contributed by atoms with Gasteiger partial charge < -0.3 is 19.4 Å². The largest absolute Gasteiger partial charge is 0.498 e. The maximum atomic E-state index is 6.18. The topological polar surface area (TPSA) is 39.7 Å². The summed E-state index contributed by atoms with van der Waals surface area (Å²) < 4.78 is 18.5. The summed E-state index contributed by atoms with van der Waals surface area (Å²) in [7, 11) is -0.402. The van der Waals surface area contributed by atoms with Crippen LogP contribution >= 0.6 is 0 Å². The standard InChI is InChI=1S/C16H24BNO3/c1-14(2)10-18-12-9-7-8-11(13(12)19-14)17-20-15(3,4)16(5,6)21-17/h7-9,18H,10H2,1-6H3. The van der Waals surface area contributed by atoms with Crippen molar-refractivity contribution in [2.45, 2.75) is 58.3 Å². The Balaban J connectivity index is 1.98. The van der Waals surface area contributed by atoms with Crippen LogP contribution in [0.5, 0.6) is 5.75 Å². The van der Waals surface area contributed by atoms with Gasteiger partial charge in [-0.25, -0.2) is 0 Å². The predicted octanol–water partition coefficient (Wildman–Crippen LogP) is 2.57. The highest BCUT2D eigenvalue weighted by atomic mass is 16.7. The van der Waals surface area contributed by atoms with Crippen LogP contribution in [0.25, 0.3) is 0 Å². The highest BCUT2D eigenvalue weighted by Crippen LogP contribution is 2.39. The van der Waals surface area contributed by atoms with Crippen molar-refractivity contribution in [1.29, 1.82) is 0 Å². The molecule has 0 unspecified atom stereocenters. The van der Waals surface area contributed by atoms with Gasteiger partial charge >= 0.3 is 7.12 Å². The molecule has 2 aliphatic rings. The molecular weight excluding hydrogens is 265 g/mol. The number of nitrogens with one attached hydrogen (secondary N) is 1. The normalized spacial score (nSPS) is 25.0. The number of hydrogen-bond donors (Lipinski definition) is 1. The van der Waals surface area contributed by atoms with E-state index in [0.29, 0.717) is 0 Å². The number of para-hydroxylation sites is 1. The van der Waals surface area contributed by atoms with Gasteiger partial charge in [-0.1, -0.05) is 12.1 Å². The molecule has 1 aromatic rings. The average Bonchev–Trinajstić information content (AvgIpc) is 2.56. The third-order valence-electron chi connectivity index (χ3n) is 4.64. The van der Waals surface area contributed by atoms with Crippen molar-refractivity contribution in [3.8, 4) is 5.75 Å². The minimum Gasteiger partial charge on any atom is -0.484 e. The zero-order chi connectivity index (χ0) is 15.5. The molecule has 0 bridgehead atoms. The number of hydrogen-bond acceptors (Lipinski definition) is 4. The summed E-state index contributed by atoms with van der Waals surface area (Å²) in [6.45, 7) is 13.2. The first-order valence-corrected chi connectivity index (χ1v) is 7.53. The molecule has 0 spiro atoms. The molecule has 21 heavy (non-hydrogen) atoms. The van der Waals surface area contributed by atoms with Crippen LogP contribution in [0.3, 0.4) is 0 Å². The Morgan fingerprint density at radius 3 is 2.24 bits per heavy atom. The molecule has 1 N–H and O–H groups in total. The van der Waals surface area contributed by atoms with E-state index in [2.05, 4.69) is 46.9 Å². The van der Waals surface area contributed by atoms with Crippen molar-refractivity contribution < 1.29 is 14.0 Å². The SMILES string of the molecule is CC1(C)CNc2cccc(B3OC(C)(C)C(C)(C)O3)c2O1. The van der Waals surface area contributed by atoms with E-state index in [1.54, 1.807) is 0 Å². The molecule has 0 aromatic heterocycles. The van der Waals surface area contributed by atoms with Crippen molar-refractivity contribution in [2.24, 2.45) is 0 Å². The van der Waals surface area contributed by atoms with Gasteiger partial charge in [0.2, 0.25) is 0 Å².